The second kappa shape index (κ2) is 6.63. The Kier molecular flexibility index (Phi) is 4.58. The number of aryl methyl sites for hydroxylation is 1. The molecule has 1 N–H and O–H groups in total. The molecule has 6 heteroatoms. The van der Waals surface area contributed by atoms with E-state index >= 15 is 0 Å². The third-order valence-corrected chi connectivity index (χ3v) is 6.67. The maximum Gasteiger partial charge on any atom is 0.220 e. The SMILES string of the molecule is CC12CC3CC(C)(C1)CC(OCCNC(=O)CCCn1cncn1)(C3)C2. The third-order valence-electron chi connectivity index (χ3n) is 6.67. The summed E-state index contributed by atoms with van der Waals surface area (Å²) in [6.45, 7) is 6.90. The van der Waals surface area contributed by atoms with Gasteiger partial charge in [-0.25, -0.2) is 4.98 Å². The van der Waals surface area contributed by atoms with Gasteiger partial charge in [-0.05, 0) is 61.7 Å². The van der Waals surface area contributed by atoms with Crippen LogP contribution >= 0.6 is 0 Å². The molecule has 5 rings (SSSR count). The minimum Gasteiger partial charge on any atom is -0.373 e. The molecule has 1 aromatic heterocycles. The Bertz CT molecular complexity index is 626. The van der Waals surface area contributed by atoms with Crippen molar-refractivity contribution in [3.05, 3.63) is 12.7 Å². The maximum absolute atomic E-state index is 12.0. The van der Waals surface area contributed by atoms with Gasteiger partial charge >= 0.3 is 0 Å². The summed E-state index contributed by atoms with van der Waals surface area (Å²) in [6, 6.07) is 0. The molecule has 1 amide bonds. The number of hydrogen-bond acceptors (Lipinski definition) is 4. The van der Waals surface area contributed by atoms with Gasteiger partial charge in [-0.15, -0.1) is 0 Å². The molecule has 144 valence electrons. The second-order valence-electron chi connectivity index (χ2n) is 9.77. The number of rotatable bonds is 8. The molecule has 0 aromatic carbocycles. The van der Waals surface area contributed by atoms with Gasteiger partial charge in [-0.2, -0.15) is 5.10 Å². The molecule has 0 spiro atoms. The lowest BCUT2D eigenvalue weighted by atomic mass is 9.43. The minimum absolute atomic E-state index is 0.0702. The Hall–Kier alpha value is -1.43. The van der Waals surface area contributed by atoms with E-state index in [1.54, 1.807) is 11.0 Å². The van der Waals surface area contributed by atoms with E-state index in [2.05, 4.69) is 29.2 Å². The van der Waals surface area contributed by atoms with Crippen LogP contribution in [-0.2, 0) is 16.1 Å². The van der Waals surface area contributed by atoms with Gasteiger partial charge in [0, 0.05) is 19.5 Å². The van der Waals surface area contributed by atoms with Crippen molar-refractivity contribution in [2.75, 3.05) is 13.2 Å². The molecule has 6 nitrogen and oxygen atoms in total. The van der Waals surface area contributed by atoms with Gasteiger partial charge < -0.3 is 10.1 Å². The first-order valence-corrected chi connectivity index (χ1v) is 10.1. The van der Waals surface area contributed by atoms with Crippen molar-refractivity contribution >= 4 is 5.91 Å². The summed E-state index contributed by atoms with van der Waals surface area (Å²) >= 11 is 0. The van der Waals surface area contributed by atoms with Gasteiger partial charge in [0.1, 0.15) is 12.7 Å². The van der Waals surface area contributed by atoms with Crippen LogP contribution in [-0.4, -0.2) is 39.4 Å². The van der Waals surface area contributed by atoms with Crippen LogP contribution < -0.4 is 5.32 Å². The van der Waals surface area contributed by atoms with Gasteiger partial charge in [0.25, 0.3) is 0 Å². The number of amides is 1. The van der Waals surface area contributed by atoms with Gasteiger partial charge in [-0.1, -0.05) is 13.8 Å². The topological polar surface area (TPSA) is 69.0 Å². The molecule has 1 heterocycles. The normalized spacial score (nSPS) is 37.8. The fraction of sp³-hybridized carbons (Fsp3) is 0.850. The summed E-state index contributed by atoms with van der Waals surface area (Å²) in [5, 5.41) is 7.05. The largest absolute Gasteiger partial charge is 0.373 e. The molecule has 26 heavy (non-hydrogen) atoms. The zero-order valence-corrected chi connectivity index (χ0v) is 16.2. The fourth-order valence-corrected chi connectivity index (χ4v) is 6.80. The third kappa shape index (κ3) is 3.80. The number of aromatic nitrogens is 3. The first-order chi connectivity index (χ1) is 12.4. The summed E-state index contributed by atoms with van der Waals surface area (Å²) < 4.78 is 8.20. The molecule has 4 fully saturated rings. The van der Waals surface area contributed by atoms with Crippen molar-refractivity contribution in [2.45, 2.75) is 77.4 Å². The summed E-state index contributed by atoms with van der Waals surface area (Å²) in [6.07, 6.45) is 12.3. The number of carbonyl (C=O) groups is 1. The first-order valence-electron chi connectivity index (χ1n) is 10.1. The Morgan fingerprint density at radius 2 is 2.00 bits per heavy atom. The van der Waals surface area contributed by atoms with E-state index in [0.29, 0.717) is 30.4 Å². The Morgan fingerprint density at radius 3 is 2.65 bits per heavy atom. The smallest absolute Gasteiger partial charge is 0.220 e. The number of hydrogen-bond donors (Lipinski definition) is 1. The predicted octanol–water partition coefficient (Wildman–Crippen LogP) is 2.94. The Morgan fingerprint density at radius 1 is 1.23 bits per heavy atom. The highest BCUT2D eigenvalue weighted by Crippen LogP contribution is 2.67. The molecule has 4 saturated carbocycles. The van der Waals surface area contributed by atoms with Crippen molar-refractivity contribution in [1.82, 2.24) is 20.1 Å². The molecular weight excluding hydrogens is 328 g/mol. The number of nitrogens with zero attached hydrogens (tertiary/aromatic N) is 3. The second-order valence-corrected chi connectivity index (χ2v) is 9.77. The molecule has 0 radical (unpaired) electrons. The van der Waals surface area contributed by atoms with Crippen LogP contribution in [0, 0.1) is 16.7 Å². The highest BCUT2D eigenvalue weighted by Gasteiger charge is 2.60. The standard InChI is InChI=1S/C20H32N4O2/c1-18-8-16-9-19(2,11-18)13-20(10-16,12-18)26-7-5-22-17(25)4-3-6-24-15-21-14-23-24/h14-16H,3-13H2,1-2H3,(H,22,25). The lowest BCUT2D eigenvalue weighted by Crippen LogP contribution is -2.59. The minimum atomic E-state index is 0.0702. The van der Waals surface area contributed by atoms with Gasteiger partial charge in [0.2, 0.25) is 5.91 Å². The van der Waals surface area contributed by atoms with E-state index in [1.165, 1.54) is 44.9 Å². The molecule has 1 aromatic rings. The number of carbonyl (C=O) groups excluding carboxylic acids is 1. The van der Waals surface area contributed by atoms with Crippen LogP contribution in [0.15, 0.2) is 12.7 Å². The zero-order valence-electron chi connectivity index (χ0n) is 16.2. The molecular formula is C20H32N4O2. The van der Waals surface area contributed by atoms with Gasteiger partial charge in [0.15, 0.2) is 0 Å². The highest BCUT2D eigenvalue weighted by atomic mass is 16.5. The summed E-state index contributed by atoms with van der Waals surface area (Å²) in [5.41, 5.74) is 1.01. The van der Waals surface area contributed by atoms with Crippen molar-refractivity contribution in [2.24, 2.45) is 16.7 Å². The number of nitrogens with one attached hydrogen (secondary N) is 1. The zero-order chi connectivity index (χ0) is 18.3. The Labute approximate surface area is 156 Å². The van der Waals surface area contributed by atoms with E-state index < -0.39 is 0 Å². The first kappa shape index (κ1) is 18.0. The van der Waals surface area contributed by atoms with Crippen LogP contribution in [0.3, 0.4) is 0 Å². The molecule has 2 atom stereocenters. The lowest BCUT2D eigenvalue weighted by Gasteiger charge is -2.65. The lowest BCUT2D eigenvalue weighted by molar-refractivity contribution is -0.213. The molecule has 2 unspecified atom stereocenters. The van der Waals surface area contributed by atoms with Crippen molar-refractivity contribution in [3.8, 4) is 0 Å². The van der Waals surface area contributed by atoms with Crippen molar-refractivity contribution < 1.29 is 9.53 Å². The molecule has 4 aliphatic rings. The summed E-state index contributed by atoms with van der Waals surface area (Å²) in [5.74, 6) is 0.936. The molecule has 0 saturated heterocycles. The van der Waals surface area contributed by atoms with E-state index in [4.69, 9.17) is 4.74 Å². The number of ether oxygens (including phenoxy) is 1. The quantitative estimate of drug-likeness (QED) is 0.724. The van der Waals surface area contributed by atoms with E-state index in [0.717, 1.165) is 18.9 Å². The van der Waals surface area contributed by atoms with Crippen LogP contribution in [0.4, 0.5) is 0 Å². The van der Waals surface area contributed by atoms with Crippen LogP contribution in [0.25, 0.3) is 0 Å². The van der Waals surface area contributed by atoms with Gasteiger partial charge in [-0.3, -0.25) is 9.48 Å². The van der Waals surface area contributed by atoms with Crippen molar-refractivity contribution in [3.63, 3.8) is 0 Å². The average molecular weight is 361 g/mol. The molecule has 0 aliphatic heterocycles. The van der Waals surface area contributed by atoms with Crippen LogP contribution in [0.2, 0.25) is 0 Å². The van der Waals surface area contributed by atoms with Crippen LogP contribution in [0.1, 0.15) is 65.2 Å². The summed E-state index contributed by atoms with van der Waals surface area (Å²) in [7, 11) is 0. The maximum atomic E-state index is 12.0. The fourth-order valence-electron chi connectivity index (χ4n) is 6.80. The highest BCUT2D eigenvalue weighted by molar-refractivity contribution is 5.75. The molecule has 4 aliphatic carbocycles. The average Bonchev–Trinajstić information content (AvgIpc) is 3.01. The Balaban J connectivity index is 1.18. The summed E-state index contributed by atoms with van der Waals surface area (Å²) in [4.78, 5) is 15.9. The van der Waals surface area contributed by atoms with E-state index in [1.807, 2.05) is 0 Å². The van der Waals surface area contributed by atoms with Gasteiger partial charge in [0.05, 0.1) is 12.2 Å². The monoisotopic (exact) mass is 360 g/mol. The van der Waals surface area contributed by atoms with E-state index in [-0.39, 0.29) is 11.5 Å². The van der Waals surface area contributed by atoms with Crippen LogP contribution in [0.5, 0.6) is 0 Å². The van der Waals surface area contributed by atoms with E-state index in [9.17, 15) is 4.79 Å². The predicted molar refractivity (Wildman–Crippen MR) is 98.4 cm³/mol. The van der Waals surface area contributed by atoms with Crippen molar-refractivity contribution in [1.29, 1.82) is 0 Å². The molecule has 4 bridgehead atoms.